The van der Waals surface area contributed by atoms with Crippen molar-refractivity contribution in [1.29, 1.82) is 0 Å². The molecule has 1 amide bonds. The first-order valence-corrected chi connectivity index (χ1v) is 9.78. The minimum atomic E-state index is -0.344. The Bertz CT molecular complexity index is 1120. The number of hydrogen-bond donors (Lipinski definition) is 0. The van der Waals surface area contributed by atoms with Gasteiger partial charge in [0.2, 0.25) is 5.91 Å². The van der Waals surface area contributed by atoms with E-state index in [1.807, 2.05) is 19.1 Å². The van der Waals surface area contributed by atoms with E-state index in [4.69, 9.17) is 4.74 Å². The van der Waals surface area contributed by atoms with Crippen LogP contribution in [0.4, 0.5) is 10.1 Å². The molecule has 1 fully saturated rings. The van der Waals surface area contributed by atoms with E-state index in [1.165, 1.54) is 19.3 Å². The molecule has 2 heterocycles. The van der Waals surface area contributed by atoms with Gasteiger partial charge in [0.15, 0.2) is 0 Å². The van der Waals surface area contributed by atoms with Gasteiger partial charge in [-0.25, -0.2) is 4.39 Å². The van der Waals surface area contributed by atoms with Gasteiger partial charge in [-0.3, -0.25) is 4.79 Å². The number of aryl methyl sites for hydroxylation is 1. The zero-order valence-corrected chi connectivity index (χ0v) is 17.1. The van der Waals surface area contributed by atoms with Crippen LogP contribution < -0.4 is 9.64 Å². The lowest BCUT2D eigenvalue weighted by Gasteiger charge is -2.35. The predicted octanol–water partition coefficient (Wildman–Crippen LogP) is 3.59. The summed E-state index contributed by atoms with van der Waals surface area (Å²) < 4.78 is 20.0. The third kappa shape index (κ3) is 3.47. The first-order valence-electron chi connectivity index (χ1n) is 9.78. The second-order valence-electron chi connectivity index (χ2n) is 7.25. The molecular weight excluding hydrogens is 383 g/mol. The molecule has 0 atom stereocenters. The van der Waals surface area contributed by atoms with E-state index in [9.17, 15) is 9.18 Å². The van der Waals surface area contributed by atoms with Crippen LogP contribution in [0.15, 0.2) is 49.2 Å². The highest BCUT2D eigenvalue weighted by Crippen LogP contribution is 2.37. The normalized spacial score (nSPS) is 14.1. The van der Waals surface area contributed by atoms with Crippen molar-refractivity contribution >= 4 is 22.5 Å². The Morgan fingerprint density at radius 3 is 2.70 bits per heavy atom. The number of nitrogens with zero attached hydrogens (tertiary/aromatic N) is 4. The molecule has 7 heteroatoms. The van der Waals surface area contributed by atoms with Gasteiger partial charge in [-0.1, -0.05) is 12.6 Å². The quantitative estimate of drug-likeness (QED) is 0.620. The zero-order valence-electron chi connectivity index (χ0n) is 17.1. The zero-order chi connectivity index (χ0) is 21.3. The fourth-order valence-electron chi connectivity index (χ4n) is 3.95. The van der Waals surface area contributed by atoms with Crippen LogP contribution in [0.2, 0.25) is 0 Å². The number of aromatic nitrogens is 2. The molecule has 1 aromatic heterocycles. The Morgan fingerprint density at radius 2 is 2.00 bits per heavy atom. The summed E-state index contributed by atoms with van der Waals surface area (Å²) in [5, 5.41) is 9.41. The summed E-state index contributed by atoms with van der Waals surface area (Å²) in [6.45, 7) is 8.15. The summed E-state index contributed by atoms with van der Waals surface area (Å²) in [5.41, 5.74) is 3.71. The number of ether oxygens (including phenoxy) is 1. The summed E-state index contributed by atoms with van der Waals surface area (Å²) in [6, 6.07) is 8.67. The molecule has 0 N–H and O–H groups in total. The molecule has 154 valence electrons. The molecule has 1 aliphatic heterocycles. The van der Waals surface area contributed by atoms with Crippen LogP contribution in [-0.4, -0.2) is 54.3 Å². The molecule has 1 saturated heterocycles. The molecule has 0 aliphatic carbocycles. The van der Waals surface area contributed by atoms with Crippen LogP contribution in [0.25, 0.3) is 22.0 Å². The molecule has 30 heavy (non-hydrogen) atoms. The second kappa shape index (κ2) is 8.10. The molecule has 0 unspecified atom stereocenters. The Morgan fingerprint density at radius 1 is 1.23 bits per heavy atom. The van der Waals surface area contributed by atoms with E-state index in [1.54, 1.807) is 23.2 Å². The molecule has 4 rings (SSSR count). The largest absolute Gasteiger partial charge is 0.496 e. The van der Waals surface area contributed by atoms with Crippen LogP contribution >= 0.6 is 0 Å². The van der Waals surface area contributed by atoms with Gasteiger partial charge in [-0.2, -0.15) is 10.2 Å². The minimum absolute atomic E-state index is 0.0494. The summed E-state index contributed by atoms with van der Waals surface area (Å²) in [6.07, 6.45) is 3.09. The monoisotopic (exact) mass is 406 g/mol. The highest BCUT2D eigenvalue weighted by molar-refractivity contribution is 5.95. The van der Waals surface area contributed by atoms with Gasteiger partial charge in [0.05, 0.1) is 30.1 Å². The van der Waals surface area contributed by atoms with E-state index < -0.39 is 0 Å². The lowest BCUT2D eigenvalue weighted by Crippen LogP contribution is -2.48. The molecule has 0 radical (unpaired) electrons. The van der Waals surface area contributed by atoms with Crippen LogP contribution in [0.1, 0.15) is 5.56 Å². The molecule has 3 aromatic rings. The van der Waals surface area contributed by atoms with Gasteiger partial charge in [0.1, 0.15) is 11.6 Å². The first-order chi connectivity index (χ1) is 14.5. The van der Waals surface area contributed by atoms with E-state index in [0.717, 1.165) is 22.2 Å². The Kier molecular flexibility index (Phi) is 5.35. The average Bonchev–Trinajstić information content (AvgIpc) is 2.78. The Hall–Kier alpha value is -3.48. The molecule has 0 bridgehead atoms. The number of hydrogen-bond acceptors (Lipinski definition) is 5. The van der Waals surface area contributed by atoms with Crippen molar-refractivity contribution < 1.29 is 13.9 Å². The first kappa shape index (κ1) is 19.8. The highest BCUT2D eigenvalue weighted by Gasteiger charge is 2.22. The van der Waals surface area contributed by atoms with Crippen LogP contribution in [-0.2, 0) is 4.79 Å². The Balaban J connectivity index is 1.74. The standard InChI is InChI=1S/C23H23FN4O2/c1-4-22(29)28-10-8-27(9-11-28)20-14-25-26-19-13-16(15(2)12-17(19)20)23-18(24)6-5-7-21(23)30-3/h4-7,12-14H,1,8-11H2,2-3H3. The van der Waals surface area contributed by atoms with Gasteiger partial charge in [0, 0.05) is 31.6 Å². The van der Waals surface area contributed by atoms with Gasteiger partial charge in [-0.05, 0) is 48.4 Å². The smallest absolute Gasteiger partial charge is 0.246 e. The van der Waals surface area contributed by atoms with Crippen molar-refractivity contribution in [3.8, 4) is 16.9 Å². The number of carbonyl (C=O) groups is 1. The maximum atomic E-state index is 14.6. The van der Waals surface area contributed by atoms with Crippen molar-refractivity contribution in [3.05, 3.63) is 60.6 Å². The summed E-state index contributed by atoms with van der Waals surface area (Å²) >= 11 is 0. The van der Waals surface area contributed by atoms with Crippen molar-refractivity contribution in [3.63, 3.8) is 0 Å². The number of rotatable bonds is 4. The SMILES string of the molecule is C=CC(=O)N1CCN(c2cnnc3cc(-c4c(F)cccc4OC)c(C)cc23)CC1. The van der Waals surface area contributed by atoms with E-state index >= 15 is 0 Å². The lowest BCUT2D eigenvalue weighted by molar-refractivity contribution is -0.126. The average molecular weight is 406 g/mol. The summed E-state index contributed by atoms with van der Waals surface area (Å²) in [4.78, 5) is 15.8. The molecule has 0 spiro atoms. The number of methoxy groups -OCH3 is 1. The molecule has 1 aliphatic rings. The van der Waals surface area contributed by atoms with Gasteiger partial charge in [0.25, 0.3) is 0 Å². The molecular formula is C23H23FN4O2. The van der Waals surface area contributed by atoms with Crippen molar-refractivity contribution in [2.45, 2.75) is 6.92 Å². The third-order valence-electron chi connectivity index (χ3n) is 5.54. The Labute approximate surface area is 174 Å². The second-order valence-corrected chi connectivity index (χ2v) is 7.25. The number of piperazine rings is 1. The van der Waals surface area contributed by atoms with Crippen LogP contribution in [0.5, 0.6) is 5.75 Å². The van der Waals surface area contributed by atoms with Gasteiger partial charge < -0.3 is 14.5 Å². The maximum absolute atomic E-state index is 14.6. The minimum Gasteiger partial charge on any atom is -0.496 e. The number of anilines is 1. The number of fused-ring (bicyclic) bond motifs is 1. The third-order valence-corrected chi connectivity index (χ3v) is 5.54. The summed E-state index contributed by atoms with van der Waals surface area (Å²) in [7, 11) is 1.53. The number of carbonyl (C=O) groups excluding carboxylic acids is 1. The fraction of sp³-hybridized carbons (Fsp3) is 0.261. The van der Waals surface area contributed by atoms with Crippen LogP contribution in [0.3, 0.4) is 0 Å². The van der Waals surface area contributed by atoms with Crippen molar-refractivity contribution in [2.75, 3.05) is 38.2 Å². The van der Waals surface area contributed by atoms with Crippen LogP contribution in [0, 0.1) is 12.7 Å². The summed E-state index contributed by atoms with van der Waals surface area (Å²) in [5.74, 6) is 0.0835. The van der Waals surface area contributed by atoms with Gasteiger partial charge in [-0.15, -0.1) is 0 Å². The van der Waals surface area contributed by atoms with Crippen molar-refractivity contribution in [2.24, 2.45) is 0 Å². The molecule has 0 saturated carbocycles. The van der Waals surface area contributed by atoms with E-state index in [0.29, 0.717) is 43.0 Å². The molecule has 2 aromatic carbocycles. The fourth-order valence-corrected chi connectivity index (χ4v) is 3.95. The molecule has 6 nitrogen and oxygen atoms in total. The number of halogens is 1. The van der Waals surface area contributed by atoms with E-state index in [-0.39, 0.29) is 11.7 Å². The van der Waals surface area contributed by atoms with Gasteiger partial charge >= 0.3 is 0 Å². The van der Waals surface area contributed by atoms with E-state index in [2.05, 4.69) is 21.7 Å². The van der Waals surface area contributed by atoms with Crippen molar-refractivity contribution in [1.82, 2.24) is 15.1 Å². The number of amides is 1. The highest BCUT2D eigenvalue weighted by atomic mass is 19.1. The number of benzene rings is 2. The lowest BCUT2D eigenvalue weighted by atomic mass is 9.96. The maximum Gasteiger partial charge on any atom is 0.246 e. The topological polar surface area (TPSA) is 58.6 Å². The predicted molar refractivity (Wildman–Crippen MR) is 115 cm³/mol.